The van der Waals surface area contributed by atoms with Crippen LogP contribution >= 0.6 is 22.9 Å². The van der Waals surface area contributed by atoms with Gasteiger partial charge < -0.3 is 5.73 Å². The van der Waals surface area contributed by atoms with Crippen LogP contribution in [-0.2, 0) is 0 Å². The highest BCUT2D eigenvalue weighted by Gasteiger charge is 2.16. The highest BCUT2D eigenvalue weighted by atomic mass is 35.5. The number of nitrogens with two attached hydrogens (primary N) is 1. The van der Waals surface area contributed by atoms with Gasteiger partial charge in [-0.15, -0.1) is 11.3 Å². The average Bonchev–Trinajstić information content (AvgIpc) is 2.64. The molecule has 0 radical (unpaired) electrons. The molecule has 2 aromatic rings. The van der Waals surface area contributed by atoms with Crippen molar-refractivity contribution in [2.24, 2.45) is 0 Å². The standard InChI is InChI=1S/C12H9ClFNOS/c1-6(16)11-8(5-17-12(11)15)7-2-3-9(13)10(14)4-7/h2-5H,15H2,1H3. The first-order chi connectivity index (χ1) is 8.00. The van der Waals surface area contributed by atoms with Gasteiger partial charge in [-0.25, -0.2) is 4.39 Å². The van der Waals surface area contributed by atoms with Crippen molar-refractivity contribution in [2.45, 2.75) is 6.92 Å². The lowest BCUT2D eigenvalue weighted by Gasteiger charge is -2.03. The maximum atomic E-state index is 13.4. The van der Waals surface area contributed by atoms with E-state index >= 15 is 0 Å². The van der Waals surface area contributed by atoms with E-state index in [9.17, 15) is 9.18 Å². The predicted octanol–water partition coefficient (Wildman–Crippen LogP) is 3.99. The van der Waals surface area contributed by atoms with Crippen LogP contribution in [0, 0.1) is 5.82 Å². The van der Waals surface area contributed by atoms with Crippen LogP contribution in [0.3, 0.4) is 0 Å². The number of thiophene rings is 1. The molecule has 0 aliphatic carbocycles. The molecular weight excluding hydrogens is 261 g/mol. The summed E-state index contributed by atoms with van der Waals surface area (Å²) in [7, 11) is 0. The molecule has 0 aliphatic rings. The molecule has 0 saturated heterocycles. The molecule has 2 N–H and O–H groups in total. The Hall–Kier alpha value is -1.39. The van der Waals surface area contributed by atoms with Crippen LogP contribution in [0.1, 0.15) is 17.3 Å². The molecule has 0 bridgehead atoms. The van der Waals surface area contributed by atoms with E-state index in [0.29, 0.717) is 21.7 Å². The zero-order valence-electron chi connectivity index (χ0n) is 8.96. The van der Waals surface area contributed by atoms with Crippen molar-refractivity contribution in [2.75, 3.05) is 5.73 Å². The Morgan fingerprint density at radius 1 is 1.47 bits per heavy atom. The Morgan fingerprint density at radius 3 is 2.76 bits per heavy atom. The summed E-state index contributed by atoms with van der Waals surface area (Å²) in [6.45, 7) is 1.44. The van der Waals surface area contributed by atoms with Crippen LogP contribution in [0.15, 0.2) is 23.6 Å². The quantitative estimate of drug-likeness (QED) is 0.838. The van der Waals surface area contributed by atoms with Crippen LogP contribution < -0.4 is 5.73 Å². The molecule has 0 spiro atoms. The highest BCUT2D eigenvalue weighted by Crippen LogP contribution is 2.35. The van der Waals surface area contributed by atoms with Crippen LogP contribution in [0.25, 0.3) is 11.1 Å². The van der Waals surface area contributed by atoms with E-state index in [1.807, 2.05) is 0 Å². The summed E-state index contributed by atoms with van der Waals surface area (Å²) in [5.41, 5.74) is 7.42. The van der Waals surface area contributed by atoms with E-state index in [1.54, 1.807) is 11.4 Å². The molecule has 0 amide bonds. The average molecular weight is 270 g/mol. The fourth-order valence-electron chi connectivity index (χ4n) is 1.61. The minimum Gasteiger partial charge on any atom is -0.390 e. The monoisotopic (exact) mass is 269 g/mol. The van der Waals surface area contributed by atoms with Crippen molar-refractivity contribution in [3.8, 4) is 11.1 Å². The molecule has 5 heteroatoms. The summed E-state index contributed by atoms with van der Waals surface area (Å²) in [5, 5.41) is 2.25. The van der Waals surface area contributed by atoms with Crippen LogP contribution in [0.5, 0.6) is 0 Å². The Kier molecular flexibility index (Phi) is 3.17. The van der Waals surface area contributed by atoms with Gasteiger partial charge in [0.05, 0.1) is 15.6 Å². The third-order valence-corrected chi connectivity index (χ3v) is 3.52. The number of Topliss-reactive ketones (excluding diaryl/α,β-unsaturated/α-hetero) is 1. The van der Waals surface area contributed by atoms with Gasteiger partial charge in [0, 0.05) is 10.9 Å². The van der Waals surface area contributed by atoms with E-state index in [4.69, 9.17) is 17.3 Å². The second kappa shape index (κ2) is 4.47. The number of carbonyl (C=O) groups excluding carboxylic acids is 1. The number of hydrogen-bond acceptors (Lipinski definition) is 3. The second-order valence-electron chi connectivity index (χ2n) is 3.57. The molecule has 0 fully saturated rings. The molecular formula is C12H9ClFNOS. The maximum Gasteiger partial charge on any atom is 0.163 e. The number of ketones is 1. The lowest BCUT2D eigenvalue weighted by atomic mass is 10.0. The first kappa shape index (κ1) is 12.1. The van der Waals surface area contributed by atoms with Crippen molar-refractivity contribution >= 4 is 33.7 Å². The Bertz CT molecular complexity index is 594. The van der Waals surface area contributed by atoms with E-state index in [2.05, 4.69) is 0 Å². The van der Waals surface area contributed by atoms with Crippen LogP contribution in [0.4, 0.5) is 9.39 Å². The minimum atomic E-state index is -0.511. The molecule has 0 saturated carbocycles. The number of carbonyl (C=O) groups is 1. The lowest BCUT2D eigenvalue weighted by molar-refractivity contribution is 0.101. The molecule has 2 rings (SSSR count). The van der Waals surface area contributed by atoms with Crippen LogP contribution in [-0.4, -0.2) is 5.78 Å². The van der Waals surface area contributed by atoms with Gasteiger partial charge in [-0.2, -0.15) is 0 Å². The van der Waals surface area contributed by atoms with Gasteiger partial charge in [0.2, 0.25) is 0 Å². The topological polar surface area (TPSA) is 43.1 Å². The van der Waals surface area contributed by atoms with Crippen LogP contribution in [0.2, 0.25) is 5.02 Å². The molecule has 2 nitrogen and oxygen atoms in total. The first-order valence-corrected chi connectivity index (χ1v) is 6.09. The lowest BCUT2D eigenvalue weighted by Crippen LogP contribution is -1.97. The number of benzene rings is 1. The smallest absolute Gasteiger partial charge is 0.163 e. The fourth-order valence-corrected chi connectivity index (χ4v) is 2.60. The Labute approximate surface area is 107 Å². The van der Waals surface area contributed by atoms with Crippen molar-refractivity contribution in [1.29, 1.82) is 0 Å². The van der Waals surface area contributed by atoms with Crippen molar-refractivity contribution in [3.63, 3.8) is 0 Å². The summed E-state index contributed by atoms with van der Waals surface area (Å²) in [4.78, 5) is 11.5. The third-order valence-electron chi connectivity index (χ3n) is 2.40. The zero-order chi connectivity index (χ0) is 12.6. The number of rotatable bonds is 2. The van der Waals surface area contributed by atoms with Gasteiger partial charge in [-0.05, 0) is 24.6 Å². The van der Waals surface area contributed by atoms with Gasteiger partial charge in [0.25, 0.3) is 0 Å². The highest BCUT2D eigenvalue weighted by molar-refractivity contribution is 7.15. The third kappa shape index (κ3) is 2.18. The Balaban J connectivity index is 2.60. The van der Waals surface area contributed by atoms with Crippen molar-refractivity contribution in [1.82, 2.24) is 0 Å². The number of nitrogen functional groups attached to an aromatic ring is 1. The summed E-state index contributed by atoms with van der Waals surface area (Å²) in [5.74, 6) is -0.641. The zero-order valence-corrected chi connectivity index (χ0v) is 10.5. The molecule has 88 valence electrons. The van der Waals surface area contributed by atoms with Gasteiger partial charge in [0.1, 0.15) is 5.82 Å². The van der Waals surface area contributed by atoms with Gasteiger partial charge in [-0.3, -0.25) is 4.79 Å². The van der Waals surface area contributed by atoms with Gasteiger partial charge in [-0.1, -0.05) is 17.7 Å². The second-order valence-corrected chi connectivity index (χ2v) is 4.89. The van der Waals surface area contributed by atoms with E-state index in [0.717, 1.165) is 0 Å². The largest absolute Gasteiger partial charge is 0.390 e. The first-order valence-electron chi connectivity index (χ1n) is 4.84. The number of hydrogen-bond donors (Lipinski definition) is 1. The predicted molar refractivity (Wildman–Crippen MR) is 69.1 cm³/mol. The molecule has 1 aromatic heterocycles. The van der Waals surface area contributed by atoms with Crippen molar-refractivity contribution in [3.05, 3.63) is 40.0 Å². The number of anilines is 1. The molecule has 17 heavy (non-hydrogen) atoms. The summed E-state index contributed by atoms with van der Waals surface area (Å²) in [6.07, 6.45) is 0. The molecule has 1 aromatic carbocycles. The molecule has 0 aliphatic heterocycles. The molecule has 1 heterocycles. The van der Waals surface area contributed by atoms with Gasteiger partial charge >= 0.3 is 0 Å². The van der Waals surface area contributed by atoms with E-state index in [1.165, 1.54) is 30.4 Å². The fraction of sp³-hybridized carbons (Fsp3) is 0.0833. The normalized spacial score (nSPS) is 10.5. The minimum absolute atomic E-state index is 0.0568. The maximum absolute atomic E-state index is 13.4. The molecule has 0 atom stereocenters. The summed E-state index contributed by atoms with van der Waals surface area (Å²) >= 11 is 6.88. The van der Waals surface area contributed by atoms with E-state index in [-0.39, 0.29) is 10.8 Å². The Morgan fingerprint density at radius 2 is 2.18 bits per heavy atom. The summed E-state index contributed by atoms with van der Waals surface area (Å²) in [6, 6.07) is 4.43. The summed E-state index contributed by atoms with van der Waals surface area (Å²) < 4.78 is 13.4. The van der Waals surface area contributed by atoms with E-state index < -0.39 is 5.82 Å². The van der Waals surface area contributed by atoms with Crippen molar-refractivity contribution < 1.29 is 9.18 Å². The number of halogens is 2. The SMILES string of the molecule is CC(=O)c1c(-c2ccc(Cl)c(F)c2)csc1N. The molecule has 0 unspecified atom stereocenters. The van der Waals surface area contributed by atoms with Gasteiger partial charge in [0.15, 0.2) is 5.78 Å².